The number of nitrogens with one attached hydrogen (secondary N) is 1. The molecule has 1 rings (SSSR count). The van der Waals surface area contributed by atoms with E-state index in [1.165, 1.54) is 18.2 Å². The topological polar surface area (TPSA) is 78.8 Å². The molecule has 87 valence electrons. The van der Waals surface area contributed by atoms with Crippen molar-refractivity contribution in [1.82, 2.24) is 5.32 Å². The Bertz CT molecular complexity index is 323. The van der Waals surface area contributed by atoms with Crippen molar-refractivity contribution in [3.8, 4) is 5.75 Å². The summed E-state index contributed by atoms with van der Waals surface area (Å²) in [6.45, 7) is 0.970. The molecular weight excluding hydrogens is 210 g/mol. The molecule has 5 heteroatoms. The molecule has 0 aliphatic carbocycles. The quantitative estimate of drug-likeness (QED) is 0.591. The molecule has 0 saturated heterocycles. The van der Waals surface area contributed by atoms with Gasteiger partial charge in [-0.25, -0.2) is 0 Å². The van der Waals surface area contributed by atoms with Crippen LogP contribution in [0.3, 0.4) is 0 Å². The molecule has 0 aliphatic rings. The van der Waals surface area contributed by atoms with E-state index in [1.807, 2.05) is 0 Å². The summed E-state index contributed by atoms with van der Waals surface area (Å²) in [6.07, 6.45) is 0. The predicted molar refractivity (Wildman–Crippen MR) is 57.2 cm³/mol. The number of aromatic hydroxyl groups is 1. The molecule has 5 nitrogen and oxygen atoms in total. The van der Waals surface area contributed by atoms with Crippen molar-refractivity contribution in [3.05, 3.63) is 29.8 Å². The molecule has 0 unspecified atom stereocenters. The third-order valence-corrected chi connectivity index (χ3v) is 1.83. The lowest BCUT2D eigenvalue weighted by Crippen LogP contribution is -2.27. The smallest absolute Gasteiger partial charge is 0.251 e. The van der Waals surface area contributed by atoms with Crippen LogP contribution in [0.5, 0.6) is 5.75 Å². The van der Waals surface area contributed by atoms with Gasteiger partial charge in [0.05, 0.1) is 19.8 Å². The second-order valence-electron chi connectivity index (χ2n) is 3.05. The number of ether oxygens (including phenoxy) is 1. The first-order chi connectivity index (χ1) is 7.74. The van der Waals surface area contributed by atoms with Crippen LogP contribution in [0.4, 0.5) is 0 Å². The molecule has 0 heterocycles. The molecule has 3 N–H and O–H groups in total. The molecule has 1 aromatic carbocycles. The Morgan fingerprint density at radius 3 is 2.88 bits per heavy atom. The van der Waals surface area contributed by atoms with Crippen molar-refractivity contribution in [2.24, 2.45) is 0 Å². The lowest BCUT2D eigenvalue weighted by molar-refractivity contribution is 0.0838. The summed E-state index contributed by atoms with van der Waals surface area (Å²) in [4.78, 5) is 11.5. The highest BCUT2D eigenvalue weighted by atomic mass is 16.5. The predicted octanol–water partition coefficient (Wildman–Crippen LogP) is -0.0689. The minimum Gasteiger partial charge on any atom is -0.507 e. The van der Waals surface area contributed by atoms with Crippen LogP contribution < -0.4 is 5.32 Å². The van der Waals surface area contributed by atoms with Gasteiger partial charge in [-0.3, -0.25) is 4.79 Å². The first kappa shape index (κ1) is 12.5. The zero-order valence-electron chi connectivity index (χ0n) is 8.77. The molecule has 0 fully saturated rings. The molecule has 0 aliphatic heterocycles. The number of phenols is 1. The van der Waals surface area contributed by atoms with Crippen molar-refractivity contribution in [1.29, 1.82) is 0 Å². The molecule has 1 radical (unpaired) electrons. The Morgan fingerprint density at radius 2 is 2.25 bits per heavy atom. The monoisotopic (exact) mass is 224 g/mol. The Labute approximate surface area is 93.7 Å². The minimum absolute atomic E-state index is 0.00262. The van der Waals surface area contributed by atoms with Gasteiger partial charge in [-0.1, -0.05) is 0 Å². The zero-order valence-corrected chi connectivity index (χ0v) is 8.77. The van der Waals surface area contributed by atoms with Crippen molar-refractivity contribution >= 4 is 5.91 Å². The number of hydrogen-bond acceptors (Lipinski definition) is 4. The van der Waals surface area contributed by atoms with Crippen LogP contribution in [0.1, 0.15) is 10.4 Å². The Balaban J connectivity index is 2.27. The lowest BCUT2D eigenvalue weighted by atomic mass is 10.2. The zero-order chi connectivity index (χ0) is 11.8. The summed E-state index contributed by atoms with van der Waals surface area (Å²) >= 11 is 0. The van der Waals surface area contributed by atoms with Gasteiger partial charge in [0.2, 0.25) is 0 Å². The van der Waals surface area contributed by atoms with Gasteiger partial charge < -0.3 is 20.3 Å². The lowest BCUT2D eigenvalue weighted by Gasteiger charge is -2.05. The first-order valence-corrected chi connectivity index (χ1v) is 4.91. The van der Waals surface area contributed by atoms with Gasteiger partial charge in [-0.15, -0.1) is 0 Å². The number of hydrogen-bond donors (Lipinski definition) is 3. The van der Waals surface area contributed by atoms with Crippen LogP contribution in [0.2, 0.25) is 0 Å². The minimum atomic E-state index is -0.246. The summed E-state index contributed by atoms with van der Waals surface area (Å²) in [7, 11) is 0. The van der Waals surface area contributed by atoms with Gasteiger partial charge in [-0.05, 0) is 18.2 Å². The van der Waals surface area contributed by atoms with Crippen molar-refractivity contribution in [3.63, 3.8) is 0 Å². The van der Waals surface area contributed by atoms with E-state index in [1.54, 1.807) is 0 Å². The summed E-state index contributed by atoms with van der Waals surface area (Å²) in [6, 6.07) is 6.85. The number of carbonyl (C=O) groups excluding carboxylic acids is 1. The molecule has 0 spiro atoms. The molecule has 0 atom stereocenters. The maximum atomic E-state index is 11.5. The Morgan fingerprint density at radius 1 is 1.44 bits per heavy atom. The summed E-state index contributed by atoms with van der Waals surface area (Å²) in [5, 5.41) is 20.0. The van der Waals surface area contributed by atoms with Crippen molar-refractivity contribution in [2.75, 3.05) is 26.4 Å². The van der Waals surface area contributed by atoms with Gasteiger partial charge in [0.15, 0.2) is 0 Å². The van der Waals surface area contributed by atoms with Crippen LogP contribution in [0.25, 0.3) is 0 Å². The van der Waals surface area contributed by atoms with E-state index < -0.39 is 0 Å². The van der Waals surface area contributed by atoms with Crippen molar-refractivity contribution < 1.29 is 19.7 Å². The van der Waals surface area contributed by atoms with Crippen LogP contribution in [0, 0.1) is 6.07 Å². The summed E-state index contributed by atoms with van der Waals surface area (Å²) < 4.78 is 4.98. The number of benzene rings is 1. The molecule has 1 amide bonds. The van der Waals surface area contributed by atoms with Gasteiger partial charge in [0.25, 0.3) is 5.91 Å². The van der Waals surface area contributed by atoms with Gasteiger partial charge in [0, 0.05) is 18.2 Å². The van der Waals surface area contributed by atoms with Crippen LogP contribution in [0.15, 0.2) is 18.2 Å². The van der Waals surface area contributed by atoms with Gasteiger partial charge in [0.1, 0.15) is 5.75 Å². The highest BCUT2D eigenvalue weighted by Gasteiger charge is 2.03. The number of carbonyl (C=O) groups is 1. The fourth-order valence-corrected chi connectivity index (χ4v) is 1.06. The van der Waals surface area contributed by atoms with Crippen LogP contribution in [-0.4, -0.2) is 42.5 Å². The first-order valence-electron chi connectivity index (χ1n) is 4.91. The Kier molecular flexibility index (Phi) is 5.31. The largest absolute Gasteiger partial charge is 0.507 e. The maximum absolute atomic E-state index is 11.5. The van der Waals surface area contributed by atoms with E-state index in [2.05, 4.69) is 11.4 Å². The second kappa shape index (κ2) is 6.81. The standard InChI is InChI=1S/C11H14NO4/c13-6-8-16-7-5-12-11(15)9-1-3-10(14)4-2-9/h1-3,13-14H,5-8H2,(H,12,15). The SMILES string of the molecule is O=C(NCCOCCO)c1c[c]c(O)cc1. The van der Waals surface area contributed by atoms with E-state index in [0.29, 0.717) is 18.7 Å². The number of rotatable bonds is 6. The third kappa shape index (κ3) is 4.29. The second-order valence-corrected chi connectivity index (χ2v) is 3.05. The normalized spacial score (nSPS) is 10.1. The molecule has 0 bridgehead atoms. The van der Waals surface area contributed by atoms with E-state index in [0.717, 1.165) is 0 Å². The molecular formula is C11H14NO4. The van der Waals surface area contributed by atoms with E-state index in [9.17, 15) is 4.79 Å². The Hall–Kier alpha value is -1.59. The summed E-state index contributed by atoms with van der Waals surface area (Å²) in [5.74, 6) is -0.244. The number of phenolic OH excluding ortho intramolecular Hbond substituents is 1. The fraction of sp³-hybridized carbons (Fsp3) is 0.364. The summed E-state index contributed by atoms with van der Waals surface area (Å²) in [5.41, 5.74) is 0.431. The molecule has 0 aromatic heterocycles. The molecule has 16 heavy (non-hydrogen) atoms. The highest BCUT2D eigenvalue weighted by Crippen LogP contribution is 2.08. The average molecular weight is 224 g/mol. The van der Waals surface area contributed by atoms with E-state index >= 15 is 0 Å². The van der Waals surface area contributed by atoms with Gasteiger partial charge >= 0.3 is 0 Å². The van der Waals surface area contributed by atoms with Crippen LogP contribution in [-0.2, 0) is 4.74 Å². The van der Waals surface area contributed by atoms with E-state index in [-0.39, 0.29) is 24.9 Å². The average Bonchev–Trinajstić information content (AvgIpc) is 2.29. The fourth-order valence-electron chi connectivity index (χ4n) is 1.06. The van der Waals surface area contributed by atoms with Gasteiger partial charge in [-0.2, -0.15) is 0 Å². The molecule has 1 aromatic rings. The third-order valence-electron chi connectivity index (χ3n) is 1.83. The van der Waals surface area contributed by atoms with Crippen molar-refractivity contribution in [2.45, 2.75) is 0 Å². The van der Waals surface area contributed by atoms with E-state index in [4.69, 9.17) is 14.9 Å². The molecule has 0 saturated carbocycles. The number of amides is 1. The number of aliphatic hydroxyl groups excluding tert-OH is 1. The van der Waals surface area contributed by atoms with Crippen LogP contribution >= 0.6 is 0 Å². The number of aliphatic hydroxyl groups is 1. The highest BCUT2D eigenvalue weighted by molar-refractivity contribution is 5.94. The maximum Gasteiger partial charge on any atom is 0.251 e.